The highest BCUT2D eigenvalue weighted by atomic mass is 35.5. The Labute approximate surface area is 143 Å². The van der Waals surface area contributed by atoms with Gasteiger partial charge in [-0.3, -0.25) is 9.78 Å². The van der Waals surface area contributed by atoms with E-state index in [1.54, 1.807) is 50.4 Å². The lowest BCUT2D eigenvalue weighted by molar-refractivity contribution is -0.121. The summed E-state index contributed by atoms with van der Waals surface area (Å²) in [5, 5.41) is 12.3. The molecular weight excluding hydrogens is 326 g/mol. The van der Waals surface area contributed by atoms with E-state index in [4.69, 9.17) is 16.9 Å². The highest BCUT2D eigenvalue weighted by Gasteiger charge is 2.27. The molecule has 1 amide bonds. The number of hydrogen-bond acceptors (Lipinski definition) is 4. The number of anilines is 1. The normalized spacial score (nSPS) is 11.2. The monoisotopic (exact) mass is 339 g/mol. The summed E-state index contributed by atoms with van der Waals surface area (Å²) in [4.78, 5) is 23.9. The Morgan fingerprint density at radius 1 is 1.33 bits per heavy atom. The van der Waals surface area contributed by atoms with Crippen molar-refractivity contribution in [3.8, 4) is 17.6 Å². The van der Waals surface area contributed by atoms with Crippen molar-refractivity contribution >= 4 is 34.2 Å². The first-order chi connectivity index (χ1) is 11.4. The number of carbonyl (C=O) groups excluding carboxylic acids is 1. The molecule has 0 bridgehead atoms. The molecule has 0 aliphatic carbocycles. The van der Waals surface area contributed by atoms with Gasteiger partial charge >= 0.3 is 0 Å². The third-order valence-corrected chi connectivity index (χ3v) is 3.78. The molecule has 0 radical (unpaired) electrons. The number of H-pyrrole nitrogens is 1. The number of fused-ring (bicyclic) bond motifs is 1. The van der Waals surface area contributed by atoms with Gasteiger partial charge in [0.2, 0.25) is 5.91 Å². The quantitative estimate of drug-likeness (QED) is 0.759. The van der Waals surface area contributed by atoms with E-state index < -0.39 is 5.41 Å². The van der Waals surface area contributed by atoms with Crippen LogP contribution in [-0.4, -0.2) is 20.9 Å². The number of halogens is 1. The molecule has 0 aliphatic heterocycles. The van der Waals surface area contributed by atoms with Crippen LogP contribution in [0.2, 0.25) is 5.02 Å². The number of nitrogens with zero attached hydrogens (tertiary/aromatic N) is 3. The molecule has 24 heavy (non-hydrogen) atoms. The number of hydrogen-bond donors (Lipinski definition) is 2. The van der Waals surface area contributed by atoms with Crippen LogP contribution in [0.25, 0.3) is 22.6 Å². The summed E-state index contributed by atoms with van der Waals surface area (Å²) in [6.07, 6.45) is 1.56. The van der Waals surface area contributed by atoms with Gasteiger partial charge in [-0.2, -0.15) is 5.26 Å². The van der Waals surface area contributed by atoms with E-state index in [9.17, 15) is 4.79 Å². The predicted octanol–water partition coefficient (Wildman–Crippen LogP) is 3.77. The molecular formula is C17H14ClN5O. The van der Waals surface area contributed by atoms with Crippen LogP contribution < -0.4 is 5.32 Å². The van der Waals surface area contributed by atoms with Gasteiger partial charge in [-0.15, -0.1) is 0 Å². The Kier molecular flexibility index (Phi) is 3.96. The molecule has 0 spiro atoms. The van der Waals surface area contributed by atoms with Crippen molar-refractivity contribution in [1.29, 1.82) is 5.26 Å². The van der Waals surface area contributed by atoms with Crippen molar-refractivity contribution in [2.75, 3.05) is 5.32 Å². The zero-order valence-electron chi connectivity index (χ0n) is 13.1. The average Bonchev–Trinajstić information content (AvgIpc) is 2.98. The van der Waals surface area contributed by atoms with Gasteiger partial charge in [-0.1, -0.05) is 11.6 Å². The van der Waals surface area contributed by atoms with Crippen LogP contribution in [0.5, 0.6) is 0 Å². The molecule has 2 aromatic heterocycles. The minimum atomic E-state index is -1.10. The first kappa shape index (κ1) is 16.0. The first-order valence-electron chi connectivity index (χ1n) is 7.23. The van der Waals surface area contributed by atoms with E-state index in [2.05, 4.69) is 20.3 Å². The number of pyridine rings is 1. The van der Waals surface area contributed by atoms with Crippen molar-refractivity contribution in [3.05, 3.63) is 41.6 Å². The number of carbonyl (C=O) groups is 1. The molecule has 0 unspecified atom stereocenters. The van der Waals surface area contributed by atoms with Gasteiger partial charge in [0, 0.05) is 11.9 Å². The SMILES string of the molecule is CC(C)(C#N)C(=O)Nc1ccc2nc(-c3ccc(Cl)cn3)[nH]c2c1. The lowest BCUT2D eigenvalue weighted by Crippen LogP contribution is -2.29. The van der Waals surface area contributed by atoms with Crippen LogP contribution in [-0.2, 0) is 4.79 Å². The molecule has 3 rings (SSSR count). The second kappa shape index (κ2) is 5.95. The van der Waals surface area contributed by atoms with Crippen LogP contribution in [0.4, 0.5) is 5.69 Å². The second-order valence-electron chi connectivity index (χ2n) is 5.87. The van der Waals surface area contributed by atoms with Gasteiger partial charge in [-0.25, -0.2) is 4.98 Å². The molecule has 2 heterocycles. The number of rotatable bonds is 3. The van der Waals surface area contributed by atoms with Gasteiger partial charge in [-0.05, 0) is 44.2 Å². The Bertz CT molecular complexity index is 953. The third kappa shape index (κ3) is 3.07. The summed E-state index contributed by atoms with van der Waals surface area (Å²) in [5.74, 6) is 0.256. The Morgan fingerprint density at radius 3 is 2.79 bits per heavy atom. The van der Waals surface area contributed by atoms with Crippen molar-refractivity contribution in [2.45, 2.75) is 13.8 Å². The minimum absolute atomic E-state index is 0.358. The number of aromatic amines is 1. The van der Waals surface area contributed by atoms with E-state index in [1.165, 1.54) is 0 Å². The summed E-state index contributed by atoms with van der Waals surface area (Å²) in [7, 11) is 0. The van der Waals surface area contributed by atoms with Crippen LogP contribution >= 0.6 is 11.6 Å². The summed E-state index contributed by atoms with van der Waals surface area (Å²) in [6.45, 7) is 3.14. The first-order valence-corrected chi connectivity index (χ1v) is 7.61. The fourth-order valence-electron chi connectivity index (χ4n) is 2.06. The van der Waals surface area contributed by atoms with Crippen LogP contribution in [0, 0.1) is 16.7 Å². The summed E-state index contributed by atoms with van der Waals surface area (Å²) < 4.78 is 0. The van der Waals surface area contributed by atoms with Gasteiger partial charge in [0.1, 0.15) is 11.1 Å². The summed E-state index contributed by atoms with van der Waals surface area (Å²) >= 11 is 5.84. The van der Waals surface area contributed by atoms with Crippen LogP contribution in [0.3, 0.4) is 0 Å². The molecule has 7 heteroatoms. The van der Waals surface area contributed by atoms with Crippen molar-refractivity contribution < 1.29 is 4.79 Å². The van der Waals surface area contributed by atoms with E-state index >= 15 is 0 Å². The van der Waals surface area contributed by atoms with Gasteiger partial charge in [0.05, 0.1) is 22.1 Å². The third-order valence-electron chi connectivity index (χ3n) is 3.56. The molecule has 0 aliphatic rings. The van der Waals surface area contributed by atoms with Gasteiger partial charge in [0.25, 0.3) is 0 Å². The Hall–Kier alpha value is -2.91. The topological polar surface area (TPSA) is 94.5 Å². The lowest BCUT2D eigenvalue weighted by atomic mass is 9.94. The van der Waals surface area contributed by atoms with Crippen molar-refractivity contribution in [3.63, 3.8) is 0 Å². The molecule has 6 nitrogen and oxygen atoms in total. The molecule has 0 saturated carbocycles. The average molecular weight is 340 g/mol. The van der Waals surface area contributed by atoms with Crippen LogP contribution in [0.1, 0.15) is 13.8 Å². The zero-order valence-corrected chi connectivity index (χ0v) is 13.8. The van der Waals surface area contributed by atoms with Crippen LogP contribution in [0.15, 0.2) is 36.5 Å². The number of imidazole rings is 1. The smallest absolute Gasteiger partial charge is 0.244 e. The largest absolute Gasteiger partial charge is 0.337 e. The molecule has 1 aromatic carbocycles. The predicted molar refractivity (Wildman–Crippen MR) is 92.4 cm³/mol. The molecule has 2 N–H and O–H groups in total. The van der Waals surface area contributed by atoms with E-state index in [-0.39, 0.29) is 5.91 Å². The Balaban J connectivity index is 1.91. The van der Waals surface area contributed by atoms with Crippen molar-refractivity contribution in [1.82, 2.24) is 15.0 Å². The number of nitrogens with one attached hydrogen (secondary N) is 2. The van der Waals surface area contributed by atoms with E-state index in [0.717, 1.165) is 11.0 Å². The highest BCUT2D eigenvalue weighted by molar-refractivity contribution is 6.30. The summed E-state index contributed by atoms with van der Waals surface area (Å²) in [5.41, 5.74) is 1.68. The fourth-order valence-corrected chi connectivity index (χ4v) is 2.17. The highest BCUT2D eigenvalue weighted by Crippen LogP contribution is 2.24. The van der Waals surface area contributed by atoms with E-state index in [0.29, 0.717) is 22.2 Å². The number of benzene rings is 1. The lowest BCUT2D eigenvalue weighted by Gasteiger charge is -2.14. The standard InChI is InChI=1S/C17H14ClN5O/c1-17(2,9-19)16(24)21-11-4-6-12-14(7-11)23-15(22-12)13-5-3-10(18)8-20-13/h3-8H,1-2H3,(H,21,24)(H,22,23). The second-order valence-corrected chi connectivity index (χ2v) is 6.31. The summed E-state index contributed by atoms with van der Waals surface area (Å²) in [6, 6.07) is 10.8. The molecule has 3 aromatic rings. The van der Waals surface area contributed by atoms with Gasteiger partial charge in [0.15, 0.2) is 5.82 Å². The molecule has 0 atom stereocenters. The fraction of sp³-hybridized carbons (Fsp3) is 0.176. The molecule has 0 saturated heterocycles. The number of amides is 1. The molecule has 120 valence electrons. The number of aromatic nitrogens is 3. The van der Waals surface area contributed by atoms with E-state index in [1.807, 2.05) is 6.07 Å². The Morgan fingerprint density at radius 2 is 2.12 bits per heavy atom. The maximum Gasteiger partial charge on any atom is 0.244 e. The van der Waals surface area contributed by atoms with Gasteiger partial charge < -0.3 is 10.3 Å². The number of nitriles is 1. The molecule has 0 fully saturated rings. The zero-order chi connectivity index (χ0) is 17.3. The maximum absolute atomic E-state index is 12.1. The van der Waals surface area contributed by atoms with Crippen molar-refractivity contribution in [2.24, 2.45) is 5.41 Å². The minimum Gasteiger partial charge on any atom is -0.337 e. The maximum atomic E-state index is 12.1.